The van der Waals surface area contributed by atoms with E-state index < -0.39 is 0 Å². The first-order chi connectivity index (χ1) is 20.4. The normalized spacial score (nSPS) is 22.7. The van der Waals surface area contributed by atoms with E-state index in [-0.39, 0.29) is 30.2 Å². The number of nitrogens with zero attached hydrogens (tertiary/aromatic N) is 8. The van der Waals surface area contributed by atoms with Crippen molar-refractivity contribution in [1.29, 1.82) is 5.26 Å². The van der Waals surface area contributed by atoms with Crippen molar-refractivity contribution in [1.82, 2.24) is 19.8 Å². The summed E-state index contributed by atoms with van der Waals surface area (Å²) < 4.78 is 14.3. The Bertz CT molecular complexity index is 1400. The van der Waals surface area contributed by atoms with E-state index in [1.807, 2.05) is 17.9 Å². The zero-order chi connectivity index (χ0) is 29.4. The third-order valence-corrected chi connectivity index (χ3v) is 9.44. The number of piperazine rings is 1. The lowest BCUT2D eigenvalue weighted by Gasteiger charge is -2.45. The van der Waals surface area contributed by atoms with Gasteiger partial charge in [-0.3, -0.25) is 4.79 Å². The van der Waals surface area contributed by atoms with E-state index in [1.54, 1.807) is 24.3 Å². The summed E-state index contributed by atoms with van der Waals surface area (Å²) >= 11 is 0. The summed E-state index contributed by atoms with van der Waals surface area (Å²) in [6.45, 7) is 6.32. The zero-order valence-corrected chi connectivity index (χ0v) is 25.0. The number of fused-ring (bicyclic) bond motifs is 2. The van der Waals surface area contributed by atoms with Crippen molar-refractivity contribution < 1.29 is 9.18 Å². The van der Waals surface area contributed by atoms with Crippen molar-refractivity contribution in [2.45, 2.75) is 63.6 Å². The first kappa shape index (κ1) is 28.4. The van der Waals surface area contributed by atoms with Crippen LogP contribution in [0.3, 0.4) is 0 Å². The molecule has 2 atom stereocenters. The van der Waals surface area contributed by atoms with Crippen LogP contribution >= 0.6 is 0 Å². The number of nitriles is 1. The Hall–Kier alpha value is -3.71. The highest BCUT2D eigenvalue weighted by molar-refractivity contribution is 5.88. The van der Waals surface area contributed by atoms with Crippen molar-refractivity contribution in [3.05, 3.63) is 53.0 Å². The largest absolute Gasteiger partial charge is 0.368 e. The third kappa shape index (κ3) is 5.42. The van der Waals surface area contributed by atoms with Crippen LogP contribution in [-0.2, 0) is 24.1 Å². The van der Waals surface area contributed by atoms with Crippen LogP contribution in [-0.4, -0.2) is 97.2 Å². The zero-order valence-electron chi connectivity index (χ0n) is 25.0. The van der Waals surface area contributed by atoms with E-state index in [9.17, 15) is 14.4 Å². The second-order valence-corrected chi connectivity index (χ2v) is 12.3. The molecule has 222 valence electrons. The second kappa shape index (κ2) is 11.9. The summed E-state index contributed by atoms with van der Waals surface area (Å²) in [5, 5.41) is 9.57. The molecule has 2 saturated heterocycles. The number of aromatic nitrogens is 2. The molecule has 0 saturated carbocycles. The number of benzene rings is 1. The van der Waals surface area contributed by atoms with Gasteiger partial charge in [0.2, 0.25) is 11.9 Å². The lowest BCUT2D eigenvalue weighted by Crippen LogP contribution is -2.58. The SMILES string of the molecule is CC=CC(=O)N1CCN(c2nc(N3CC(N(C)C)C3)nc3c2CCC(N2CCCc4ccc(F)cc42)C3)CC1CC#N. The molecule has 10 heteroatoms. The molecule has 4 heterocycles. The van der Waals surface area contributed by atoms with Crippen LogP contribution in [0.5, 0.6) is 0 Å². The lowest BCUT2D eigenvalue weighted by molar-refractivity contribution is -0.128. The number of carbonyl (C=O) groups excluding carboxylic acids is 1. The standard InChI is InChI=1S/C32H41FN8O/c1-4-6-30(42)41-16-15-38(19-25(41)12-13-34)31-27-11-10-24(40-14-5-7-22-8-9-23(33)17-29(22)40)18-28(27)35-32(36-31)39-20-26(21-39)37(2)3/h4,6,8-9,17,24-26H,5,7,10-12,14-16,18-21H2,1-3H3. The molecule has 6 rings (SSSR count). The predicted octanol–water partition coefficient (Wildman–Crippen LogP) is 3.18. The smallest absolute Gasteiger partial charge is 0.246 e. The fraction of sp³-hybridized carbons (Fsp3) is 0.562. The van der Waals surface area contributed by atoms with E-state index >= 15 is 0 Å². The van der Waals surface area contributed by atoms with Crippen LogP contribution < -0.4 is 14.7 Å². The highest BCUT2D eigenvalue weighted by atomic mass is 19.1. The van der Waals surface area contributed by atoms with Gasteiger partial charge in [0.1, 0.15) is 11.6 Å². The average Bonchev–Trinajstić information content (AvgIpc) is 2.95. The van der Waals surface area contributed by atoms with Crippen molar-refractivity contribution in [3.63, 3.8) is 0 Å². The molecule has 4 aliphatic rings. The van der Waals surface area contributed by atoms with Gasteiger partial charge in [0, 0.05) is 69.0 Å². The van der Waals surface area contributed by atoms with Crippen LogP contribution in [0.15, 0.2) is 30.4 Å². The minimum Gasteiger partial charge on any atom is -0.368 e. The maximum absolute atomic E-state index is 14.3. The molecular weight excluding hydrogens is 531 g/mol. The molecule has 0 radical (unpaired) electrons. The number of carbonyl (C=O) groups is 1. The van der Waals surface area contributed by atoms with E-state index in [4.69, 9.17) is 9.97 Å². The van der Waals surface area contributed by atoms with Gasteiger partial charge in [-0.25, -0.2) is 9.37 Å². The van der Waals surface area contributed by atoms with Crippen molar-refractivity contribution in [2.24, 2.45) is 0 Å². The maximum atomic E-state index is 14.3. The van der Waals surface area contributed by atoms with Crippen molar-refractivity contribution in [2.75, 3.05) is 68.1 Å². The van der Waals surface area contributed by atoms with Crippen molar-refractivity contribution >= 4 is 23.4 Å². The number of likely N-dealkylation sites (N-methyl/N-ethyl adjacent to an activating group) is 1. The van der Waals surface area contributed by atoms with Crippen LogP contribution in [0.4, 0.5) is 21.8 Å². The molecule has 1 aromatic heterocycles. The van der Waals surface area contributed by atoms with Gasteiger partial charge in [-0.1, -0.05) is 12.1 Å². The number of amides is 1. The molecule has 0 N–H and O–H groups in total. The van der Waals surface area contributed by atoms with E-state index in [0.29, 0.717) is 25.7 Å². The van der Waals surface area contributed by atoms with Gasteiger partial charge in [-0.05, 0) is 70.5 Å². The Morgan fingerprint density at radius 2 is 1.98 bits per heavy atom. The molecule has 1 aromatic carbocycles. The van der Waals surface area contributed by atoms with E-state index in [2.05, 4.69) is 39.8 Å². The molecule has 2 unspecified atom stereocenters. The number of allylic oxidation sites excluding steroid dienone is 1. The van der Waals surface area contributed by atoms with E-state index in [1.165, 1.54) is 11.1 Å². The Labute approximate surface area is 248 Å². The van der Waals surface area contributed by atoms with Crippen molar-refractivity contribution in [3.8, 4) is 6.07 Å². The second-order valence-electron chi connectivity index (χ2n) is 12.3. The van der Waals surface area contributed by atoms with Gasteiger partial charge >= 0.3 is 0 Å². The molecule has 0 bridgehead atoms. The summed E-state index contributed by atoms with van der Waals surface area (Å²) in [6, 6.07) is 8.04. The Balaban J connectivity index is 1.31. The maximum Gasteiger partial charge on any atom is 0.246 e. The van der Waals surface area contributed by atoms with Gasteiger partial charge in [0.15, 0.2) is 0 Å². The van der Waals surface area contributed by atoms with Gasteiger partial charge in [0.05, 0.1) is 24.2 Å². The summed E-state index contributed by atoms with van der Waals surface area (Å²) in [7, 11) is 4.21. The molecule has 0 spiro atoms. The van der Waals surface area contributed by atoms with Gasteiger partial charge in [0.25, 0.3) is 0 Å². The fourth-order valence-electron chi connectivity index (χ4n) is 6.99. The number of halogens is 1. The molecule has 3 aliphatic heterocycles. The monoisotopic (exact) mass is 572 g/mol. The van der Waals surface area contributed by atoms with Gasteiger partial charge in [-0.2, -0.15) is 10.2 Å². The first-order valence-corrected chi connectivity index (χ1v) is 15.3. The Morgan fingerprint density at radius 3 is 2.74 bits per heavy atom. The lowest BCUT2D eigenvalue weighted by atomic mass is 9.88. The molecule has 42 heavy (non-hydrogen) atoms. The average molecular weight is 573 g/mol. The molecule has 2 aromatic rings. The molecule has 2 fully saturated rings. The number of hydrogen-bond acceptors (Lipinski definition) is 8. The number of anilines is 3. The minimum absolute atomic E-state index is 0.0424. The third-order valence-electron chi connectivity index (χ3n) is 9.44. The van der Waals surface area contributed by atoms with Crippen LogP contribution in [0.2, 0.25) is 0 Å². The minimum atomic E-state index is -0.195. The van der Waals surface area contributed by atoms with Gasteiger partial charge < -0.3 is 24.5 Å². The van der Waals surface area contributed by atoms with Crippen LogP contribution in [0.25, 0.3) is 0 Å². The summed E-state index contributed by atoms with van der Waals surface area (Å²) in [4.78, 5) is 34.1. The number of hydrogen-bond donors (Lipinski definition) is 0. The number of rotatable bonds is 6. The van der Waals surface area contributed by atoms with Crippen LogP contribution in [0.1, 0.15) is 43.0 Å². The predicted molar refractivity (Wildman–Crippen MR) is 162 cm³/mol. The quantitative estimate of drug-likeness (QED) is 0.489. The van der Waals surface area contributed by atoms with E-state index in [0.717, 1.165) is 74.9 Å². The summed E-state index contributed by atoms with van der Waals surface area (Å²) in [6.07, 6.45) is 8.26. The van der Waals surface area contributed by atoms with Gasteiger partial charge in [-0.15, -0.1) is 0 Å². The molecule has 9 nitrogen and oxygen atoms in total. The summed E-state index contributed by atoms with van der Waals surface area (Å²) in [5.41, 5.74) is 4.51. The topological polar surface area (TPSA) is 82.8 Å². The number of aryl methyl sites for hydroxylation is 1. The highest BCUT2D eigenvalue weighted by Crippen LogP contribution is 2.37. The Kier molecular flexibility index (Phi) is 8.04. The Morgan fingerprint density at radius 1 is 1.14 bits per heavy atom. The first-order valence-electron chi connectivity index (χ1n) is 15.3. The fourth-order valence-corrected chi connectivity index (χ4v) is 6.99. The molecule has 1 aliphatic carbocycles. The molecule has 1 amide bonds. The molecular formula is C32H41FN8O. The highest BCUT2D eigenvalue weighted by Gasteiger charge is 2.37. The van der Waals surface area contributed by atoms with Crippen LogP contribution in [0, 0.1) is 17.1 Å². The summed E-state index contributed by atoms with van der Waals surface area (Å²) in [5.74, 6) is 1.49.